The normalized spacial score (nSPS) is 25.4. The number of piperidine rings is 2. The van der Waals surface area contributed by atoms with Crippen molar-refractivity contribution in [1.82, 2.24) is 10.6 Å². The van der Waals surface area contributed by atoms with E-state index in [2.05, 4.69) is 17.6 Å². The predicted molar refractivity (Wildman–Crippen MR) is 137 cm³/mol. The molecule has 4 aliphatic rings. The van der Waals surface area contributed by atoms with Gasteiger partial charge in [0, 0.05) is 36.3 Å². The van der Waals surface area contributed by atoms with Crippen molar-refractivity contribution in [2.75, 3.05) is 13.1 Å². The standard InChI is InChI=1S/C14H20N2O2.C13H16N2O2/c1-10-3-5-13(15-9-10)7-12-8-14(16(17)18)6-4-11(12)2;16-15(17)13-4-2-10-6-12-3-1-9(8-14-12)5-11(10)7-13/h4,6,8,10,13,15H,3,5,7,9H2,1-2H3;2,4,7,9,12,14H,1,3,5-6,8H2. The van der Waals surface area contributed by atoms with E-state index in [4.69, 9.17) is 0 Å². The molecule has 2 aromatic rings. The Kier molecular flexibility index (Phi) is 8.13. The summed E-state index contributed by atoms with van der Waals surface area (Å²) in [6.45, 7) is 6.39. The molecular weight excluding hydrogens is 444 g/mol. The molecule has 8 heteroatoms. The molecule has 0 saturated carbocycles. The molecule has 0 aromatic heterocycles. The number of benzene rings is 2. The van der Waals surface area contributed by atoms with E-state index in [0.29, 0.717) is 18.0 Å². The molecule has 35 heavy (non-hydrogen) atoms. The van der Waals surface area contributed by atoms with E-state index < -0.39 is 0 Å². The van der Waals surface area contributed by atoms with Gasteiger partial charge in [-0.15, -0.1) is 0 Å². The Balaban J connectivity index is 0.000000165. The molecule has 4 unspecified atom stereocenters. The SMILES string of the molecule is Cc1ccc([N+](=O)[O-])cc1CC1CCC(C)CN1.O=[N+]([O-])c1ccc2c(c1)CC1CCC(C2)NC1. The van der Waals surface area contributed by atoms with Gasteiger partial charge in [0.2, 0.25) is 0 Å². The third kappa shape index (κ3) is 6.64. The van der Waals surface area contributed by atoms with Gasteiger partial charge < -0.3 is 10.6 Å². The average molecular weight is 481 g/mol. The molecule has 3 aliphatic heterocycles. The van der Waals surface area contributed by atoms with Crippen LogP contribution in [0.25, 0.3) is 0 Å². The molecule has 2 saturated heterocycles. The lowest BCUT2D eigenvalue weighted by molar-refractivity contribution is -0.385. The minimum Gasteiger partial charge on any atom is -0.313 e. The van der Waals surface area contributed by atoms with Crippen LogP contribution in [-0.4, -0.2) is 35.0 Å². The first-order chi connectivity index (χ1) is 16.8. The zero-order valence-electron chi connectivity index (χ0n) is 20.7. The highest BCUT2D eigenvalue weighted by Gasteiger charge is 2.26. The van der Waals surface area contributed by atoms with Crippen LogP contribution in [0.3, 0.4) is 0 Å². The molecule has 6 rings (SSSR count). The van der Waals surface area contributed by atoms with Gasteiger partial charge in [0.15, 0.2) is 0 Å². The second-order valence-electron chi connectivity index (χ2n) is 10.5. The Hall–Kier alpha value is -2.84. The maximum atomic E-state index is 10.8. The van der Waals surface area contributed by atoms with Crippen molar-refractivity contribution < 1.29 is 9.85 Å². The van der Waals surface area contributed by atoms with Gasteiger partial charge in [-0.05, 0) is 99.0 Å². The van der Waals surface area contributed by atoms with Crippen LogP contribution >= 0.6 is 0 Å². The topological polar surface area (TPSA) is 110 Å². The summed E-state index contributed by atoms with van der Waals surface area (Å²) < 4.78 is 0. The number of non-ortho nitro benzene ring substituents is 2. The van der Waals surface area contributed by atoms with Crippen LogP contribution in [0.1, 0.15) is 54.9 Å². The molecule has 0 spiro atoms. The van der Waals surface area contributed by atoms with Crippen molar-refractivity contribution in [3.63, 3.8) is 0 Å². The summed E-state index contributed by atoms with van der Waals surface area (Å²) in [6.07, 6.45) is 7.77. The Morgan fingerprint density at radius 3 is 2.26 bits per heavy atom. The number of nitrogens with one attached hydrogen (secondary N) is 2. The van der Waals surface area contributed by atoms with Crippen LogP contribution in [0.15, 0.2) is 36.4 Å². The number of fused-ring (bicyclic) bond motifs is 2. The van der Waals surface area contributed by atoms with E-state index in [1.807, 2.05) is 19.1 Å². The quantitative estimate of drug-likeness (QED) is 0.476. The zero-order chi connectivity index (χ0) is 24.9. The fourth-order valence-electron chi connectivity index (χ4n) is 5.50. The maximum absolute atomic E-state index is 10.8. The maximum Gasteiger partial charge on any atom is 0.269 e. The predicted octanol–water partition coefficient (Wildman–Crippen LogP) is 4.90. The average Bonchev–Trinajstić information content (AvgIpc) is 2.82. The van der Waals surface area contributed by atoms with Crippen molar-refractivity contribution in [3.05, 3.63) is 78.9 Å². The molecule has 0 radical (unpaired) electrons. The molecule has 4 atom stereocenters. The van der Waals surface area contributed by atoms with E-state index >= 15 is 0 Å². The fourth-order valence-corrected chi connectivity index (χ4v) is 5.50. The van der Waals surface area contributed by atoms with E-state index in [9.17, 15) is 20.2 Å². The van der Waals surface area contributed by atoms with Crippen molar-refractivity contribution in [2.45, 2.75) is 70.9 Å². The van der Waals surface area contributed by atoms with Crippen LogP contribution in [0.2, 0.25) is 0 Å². The van der Waals surface area contributed by atoms with Gasteiger partial charge in [0.05, 0.1) is 9.85 Å². The summed E-state index contributed by atoms with van der Waals surface area (Å²) in [5, 5.41) is 28.7. The summed E-state index contributed by atoms with van der Waals surface area (Å²) in [6, 6.07) is 11.5. The lowest BCUT2D eigenvalue weighted by atomic mass is 9.81. The molecule has 188 valence electrons. The number of hydrogen-bond donors (Lipinski definition) is 2. The van der Waals surface area contributed by atoms with E-state index in [-0.39, 0.29) is 21.2 Å². The second kappa shape index (κ2) is 11.3. The van der Waals surface area contributed by atoms with Crippen LogP contribution in [0.4, 0.5) is 11.4 Å². The molecule has 1 aliphatic carbocycles. The highest BCUT2D eigenvalue weighted by Crippen LogP contribution is 2.29. The Labute approximate surface area is 206 Å². The summed E-state index contributed by atoms with van der Waals surface area (Å²) in [5.74, 6) is 1.39. The number of hydrogen-bond acceptors (Lipinski definition) is 6. The Bertz CT molecular complexity index is 1060. The highest BCUT2D eigenvalue weighted by atomic mass is 16.6. The molecule has 3 heterocycles. The largest absolute Gasteiger partial charge is 0.313 e. The van der Waals surface area contributed by atoms with Crippen LogP contribution in [0, 0.1) is 39.0 Å². The molecule has 8 nitrogen and oxygen atoms in total. The van der Waals surface area contributed by atoms with Crippen LogP contribution < -0.4 is 10.6 Å². The minimum atomic E-state index is -0.320. The smallest absolute Gasteiger partial charge is 0.269 e. The lowest BCUT2D eigenvalue weighted by Crippen LogP contribution is -2.42. The van der Waals surface area contributed by atoms with Crippen LogP contribution in [-0.2, 0) is 19.3 Å². The number of nitro benzene ring substituents is 2. The Morgan fingerprint density at radius 2 is 1.60 bits per heavy atom. The number of nitrogens with zero attached hydrogens (tertiary/aromatic N) is 2. The van der Waals surface area contributed by atoms with E-state index in [1.54, 1.807) is 24.3 Å². The molecule has 2 bridgehead atoms. The monoisotopic (exact) mass is 480 g/mol. The summed E-state index contributed by atoms with van der Waals surface area (Å²) in [4.78, 5) is 21.0. The first-order valence-electron chi connectivity index (χ1n) is 12.8. The Morgan fingerprint density at radius 1 is 0.857 bits per heavy atom. The lowest BCUT2D eigenvalue weighted by Gasteiger charge is -2.34. The molecule has 2 N–H and O–H groups in total. The molecule has 2 aromatic carbocycles. The zero-order valence-corrected chi connectivity index (χ0v) is 20.7. The van der Waals surface area contributed by atoms with Gasteiger partial charge in [0.1, 0.15) is 0 Å². The van der Waals surface area contributed by atoms with Crippen LogP contribution in [0.5, 0.6) is 0 Å². The summed E-state index contributed by atoms with van der Waals surface area (Å²) >= 11 is 0. The third-order valence-corrected chi connectivity index (χ3v) is 7.77. The number of aryl methyl sites for hydroxylation is 1. The van der Waals surface area contributed by atoms with Crippen molar-refractivity contribution in [1.29, 1.82) is 0 Å². The second-order valence-corrected chi connectivity index (χ2v) is 10.5. The van der Waals surface area contributed by atoms with Crippen molar-refractivity contribution in [3.8, 4) is 0 Å². The van der Waals surface area contributed by atoms with Gasteiger partial charge >= 0.3 is 0 Å². The third-order valence-electron chi connectivity index (χ3n) is 7.77. The summed E-state index contributed by atoms with van der Waals surface area (Å²) in [5.41, 5.74) is 5.14. The molecular formula is C27H36N4O4. The van der Waals surface area contributed by atoms with Gasteiger partial charge in [-0.2, -0.15) is 0 Å². The highest BCUT2D eigenvalue weighted by molar-refractivity contribution is 5.41. The minimum absolute atomic E-state index is 0.194. The van der Waals surface area contributed by atoms with Crippen molar-refractivity contribution >= 4 is 11.4 Å². The molecule has 2 fully saturated rings. The number of rotatable bonds is 4. The van der Waals surface area contributed by atoms with Gasteiger partial charge in [-0.25, -0.2) is 0 Å². The first kappa shape index (κ1) is 25.3. The summed E-state index contributed by atoms with van der Waals surface area (Å²) in [7, 11) is 0. The molecule has 0 amide bonds. The first-order valence-corrected chi connectivity index (χ1v) is 12.8. The fraction of sp³-hybridized carbons (Fsp3) is 0.556. The van der Waals surface area contributed by atoms with Gasteiger partial charge in [-0.3, -0.25) is 20.2 Å². The van der Waals surface area contributed by atoms with Gasteiger partial charge in [-0.1, -0.05) is 19.1 Å². The van der Waals surface area contributed by atoms with Gasteiger partial charge in [0.25, 0.3) is 11.4 Å². The van der Waals surface area contributed by atoms with E-state index in [1.165, 1.54) is 30.4 Å². The van der Waals surface area contributed by atoms with Crippen molar-refractivity contribution in [2.24, 2.45) is 11.8 Å². The van der Waals surface area contributed by atoms with E-state index in [0.717, 1.165) is 55.8 Å². The number of nitro groups is 2.